The Hall–Kier alpha value is -0.610. The van der Waals surface area contributed by atoms with Crippen molar-refractivity contribution in [2.24, 2.45) is 5.41 Å². The summed E-state index contributed by atoms with van der Waals surface area (Å²) in [6.45, 7) is 6.62. The smallest absolute Gasteiger partial charge is 0.308 e. The van der Waals surface area contributed by atoms with Crippen LogP contribution < -0.4 is 0 Å². The number of hydrogen-bond acceptors (Lipinski definition) is 4. The van der Waals surface area contributed by atoms with Crippen molar-refractivity contribution in [3.05, 3.63) is 0 Å². The summed E-state index contributed by atoms with van der Waals surface area (Å²) < 4.78 is 10.2. The summed E-state index contributed by atoms with van der Waals surface area (Å²) in [6, 6.07) is 0. The van der Waals surface area contributed by atoms with Crippen molar-refractivity contribution in [3.8, 4) is 0 Å². The van der Waals surface area contributed by atoms with Gasteiger partial charge >= 0.3 is 5.97 Å². The van der Waals surface area contributed by atoms with Gasteiger partial charge in [0, 0.05) is 5.41 Å². The van der Waals surface area contributed by atoms with Crippen LogP contribution in [0.1, 0.15) is 46.5 Å². The first-order valence-corrected chi connectivity index (χ1v) is 6.32. The van der Waals surface area contributed by atoms with Gasteiger partial charge in [-0.2, -0.15) is 0 Å². The number of rotatable bonds is 9. The molecule has 0 aromatic rings. The zero-order chi connectivity index (χ0) is 13.3. The van der Waals surface area contributed by atoms with Gasteiger partial charge in [0.15, 0.2) is 0 Å². The van der Waals surface area contributed by atoms with Gasteiger partial charge in [-0.15, -0.1) is 0 Å². The molecular weight excluding hydrogens is 220 g/mol. The SMILES string of the molecule is CCCC(CC)(CO)COC(C)CC(=O)OC. The quantitative estimate of drug-likeness (QED) is 0.633. The van der Waals surface area contributed by atoms with Crippen LogP contribution in [0.15, 0.2) is 0 Å². The second kappa shape index (κ2) is 8.48. The molecule has 0 bridgehead atoms. The van der Waals surface area contributed by atoms with Crippen LogP contribution in [0.5, 0.6) is 0 Å². The standard InChI is InChI=1S/C13H26O4/c1-5-7-13(6-2,9-14)10-17-11(3)8-12(15)16-4/h11,14H,5-10H2,1-4H3. The average molecular weight is 246 g/mol. The van der Waals surface area contributed by atoms with Crippen LogP contribution in [-0.2, 0) is 14.3 Å². The summed E-state index contributed by atoms with van der Waals surface area (Å²) in [5.41, 5.74) is -0.168. The normalized spacial score (nSPS) is 16.3. The fraction of sp³-hybridized carbons (Fsp3) is 0.923. The molecule has 0 heterocycles. The highest BCUT2D eigenvalue weighted by atomic mass is 16.5. The molecule has 4 heteroatoms. The van der Waals surface area contributed by atoms with Gasteiger partial charge in [0.2, 0.25) is 0 Å². The maximum absolute atomic E-state index is 11.1. The number of carbonyl (C=O) groups is 1. The summed E-state index contributed by atoms with van der Waals surface area (Å²) in [5.74, 6) is -0.265. The molecule has 0 aliphatic rings. The van der Waals surface area contributed by atoms with E-state index in [2.05, 4.69) is 18.6 Å². The van der Waals surface area contributed by atoms with E-state index < -0.39 is 0 Å². The minimum absolute atomic E-state index is 0.127. The Kier molecular flexibility index (Phi) is 8.17. The fourth-order valence-corrected chi connectivity index (χ4v) is 1.81. The maximum atomic E-state index is 11.1. The van der Waals surface area contributed by atoms with Crippen molar-refractivity contribution in [2.75, 3.05) is 20.3 Å². The molecule has 0 fully saturated rings. The molecule has 0 aliphatic heterocycles. The van der Waals surface area contributed by atoms with Gasteiger partial charge in [0.1, 0.15) is 0 Å². The molecule has 0 saturated heterocycles. The maximum Gasteiger partial charge on any atom is 0.308 e. The van der Waals surface area contributed by atoms with E-state index in [1.54, 1.807) is 0 Å². The lowest BCUT2D eigenvalue weighted by Crippen LogP contribution is -2.32. The predicted molar refractivity (Wildman–Crippen MR) is 66.8 cm³/mol. The molecule has 2 atom stereocenters. The molecular formula is C13H26O4. The first-order chi connectivity index (χ1) is 8.03. The molecule has 0 spiro atoms. The molecule has 0 saturated carbocycles. The van der Waals surface area contributed by atoms with Crippen molar-refractivity contribution in [1.82, 2.24) is 0 Å². The zero-order valence-electron chi connectivity index (χ0n) is 11.5. The second-order valence-electron chi connectivity index (χ2n) is 4.66. The summed E-state index contributed by atoms with van der Waals surface area (Å²) in [7, 11) is 1.37. The number of esters is 1. The molecule has 0 aliphatic carbocycles. The van der Waals surface area contributed by atoms with Crippen LogP contribution in [0.25, 0.3) is 0 Å². The van der Waals surface area contributed by atoms with Crippen LogP contribution in [-0.4, -0.2) is 37.5 Å². The largest absolute Gasteiger partial charge is 0.469 e. The highest BCUT2D eigenvalue weighted by molar-refractivity contribution is 5.69. The second-order valence-corrected chi connectivity index (χ2v) is 4.66. The van der Waals surface area contributed by atoms with E-state index >= 15 is 0 Å². The molecule has 0 aromatic carbocycles. The summed E-state index contributed by atoms with van der Waals surface area (Å²) in [6.07, 6.45) is 2.92. The highest BCUT2D eigenvalue weighted by Gasteiger charge is 2.27. The number of hydrogen-bond donors (Lipinski definition) is 1. The summed E-state index contributed by atoms with van der Waals surface area (Å²) in [5, 5.41) is 9.48. The zero-order valence-corrected chi connectivity index (χ0v) is 11.5. The first-order valence-electron chi connectivity index (χ1n) is 6.32. The minimum atomic E-state index is -0.265. The van der Waals surface area contributed by atoms with Gasteiger partial charge < -0.3 is 14.6 Å². The lowest BCUT2D eigenvalue weighted by Gasteiger charge is -2.31. The number of ether oxygens (including phenoxy) is 2. The van der Waals surface area contributed by atoms with Gasteiger partial charge in [-0.3, -0.25) is 4.79 Å². The van der Waals surface area contributed by atoms with Gasteiger partial charge in [-0.05, 0) is 19.8 Å². The van der Waals surface area contributed by atoms with Gasteiger partial charge in [-0.1, -0.05) is 20.3 Å². The van der Waals surface area contributed by atoms with E-state index in [4.69, 9.17) is 4.74 Å². The van der Waals surface area contributed by atoms with Gasteiger partial charge in [0.25, 0.3) is 0 Å². The van der Waals surface area contributed by atoms with Gasteiger partial charge in [-0.25, -0.2) is 0 Å². The Morgan fingerprint density at radius 3 is 2.47 bits per heavy atom. The van der Waals surface area contributed by atoms with Crippen molar-refractivity contribution < 1.29 is 19.4 Å². The van der Waals surface area contributed by atoms with Crippen molar-refractivity contribution in [3.63, 3.8) is 0 Å². The third kappa shape index (κ3) is 6.03. The van der Waals surface area contributed by atoms with Crippen molar-refractivity contribution in [2.45, 2.75) is 52.6 Å². The Balaban J connectivity index is 4.15. The average Bonchev–Trinajstić information content (AvgIpc) is 2.34. The topological polar surface area (TPSA) is 55.8 Å². The van der Waals surface area contributed by atoms with Crippen LogP contribution in [0, 0.1) is 5.41 Å². The third-order valence-electron chi connectivity index (χ3n) is 3.22. The highest BCUT2D eigenvalue weighted by Crippen LogP contribution is 2.28. The van der Waals surface area contributed by atoms with E-state index in [1.807, 2.05) is 6.92 Å². The molecule has 17 heavy (non-hydrogen) atoms. The molecule has 0 rings (SSSR count). The Morgan fingerprint density at radius 1 is 1.41 bits per heavy atom. The van der Waals surface area contributed by atoms with E-state index in [0.717, 1.165) is 19.3 Å². The molecule has 4 nitrogen and oxygen atoms in total. The van der Waals surface area contributed by atoms with Crippen LogP contribution in [0.4, 0.5) is 0 Å². The van der Waals surface area contributed by atoms with Crippen LogP contribution >= 0.6 is 0 Å². The third-order valence-corrected chi connectivity index (χ3v) is 3.22. The summed E-state index contributed by atoms with van der Waals surface area (Å²) >= 11 is 0. The van der Waals surface area contributed by atoms with E-state index in [0.29, 0.717) is 6.61 Å². The lowest BCUT2D eigenvalue weighted by molar-refractivity contribution is -0.144. The fourth-order valence-electron chi connectivity index (χ4n) is 1.81. The van der Waals surface area contributed by atoms with E-state index in [-0.39, 0.29) is 30.5 Å². The summed E-state index contributed by atoms with van der Waals surface area (Å²) in [4.78, 5) is 11.1. The van der Waals surface area contributed by atoms with Crippen molar-refractivity contribution in [1.29, 1.82) is 0 Å². The predicted octanol–water partition coefficient (Wildman–Crippen LogP) is 2.14. The van der Waals surface area contributed by atoms with Crippen LogP contribution in [0.2, 0.25) is 0 Å². The molecule has 0 aromatic heterocycles. The monoisotopic (exact) mass is 246 g/mol. The molecule has 102 valence electrons. The number of aliphatic hydroxyl groups excluding tert-OH is 1. The minimum Gasteiger partial charge on any atom is -0.469 e. The molecule has 0 radical (unpaired) electrons. The first kappa shape index (κ1) is 16.4. The van der Waals surface area contributed by atoms with Gasteiger partial charge in [0.05, 0.1) is 32.8 Å². The van der Waals surface area contributed by atoms with E-state index in [1.165, 1.54) is 7.11 Å². The van der Waals surface area contributed by atoms with Crippen molar-refractivity contribution >= 4 is 5.97 Å². The van der Waals surface area contributed by atoms with E-state index in [9.17, 15) is 9.90 Å². The molecule has 2 unspecified atom stereocenters. The number of carbonyl (C=O) groups excluding carboxylic acids is 1. The Morgan fingerprint density at radius 2 is 2.06 bits per heavy atom. The Labute approximate surface area is 104 Å². The molecule has 1 N–H and O–H groups in total. The number of aliphatic hydroxyl groups is 1. The Bertz CT molecular complexity index is 211. The lowest BCUT2D eigenvalue weighted by atomic mass is 9.82. The van der Waals surface area contributed by atoms with Crippen LogP contribution in [0.3, 0.4) is 0 Å². The molecule has 0 amide bonds. The number of methoxy groups -OCH3 is 1.